The SMILES string of the molecule is CCS(=O)(=O)C1(O)CCCC1. The first-order valence-corrected chi connectivity index (χ1v) is 5.62. The van der Waals surface area contributed by atoms with Crippen molar-refractivity contribution in [1.29, 1.82) is 0 Å². The van der Waals surface area contributed by atoms with E-state index in [1.165, 1.54) is 0 Å². The number of hydrogen-bond donors (Lipinski definition) is 1. The molecule has 1 rings (SSSR count). The second-order valence-electron chi connectivity index (χ2n) is 3.06. The van der Waals surface area contributed by atoms with Crippen LogP contribution in [0.5, 0.6) is 0 Å². The Morgan fingerprint density at radius 1 is 1.36 bits per heavy atom. The number of rotatable bonds is 2. The average molecular weight is 178 g/mol. The maximum absolute atomic E-state index is 11.3. The molecule has 4 heteroatoms. The fraction of sp³-hybridized carbons (Fsp3) is 1.00. The van der Waals surface area contributed by atoms with E-state index < -0.39 is 14.8 Å². The maximum atomic E-state index is 11.3. The monoisotopic (exact) mass is 178 g/mol. The summed E-state index contributed by atoms with van der Waals surface area (Å²) in [6.45, 7) is 1.58. The highest BCUT2D eigenvalue weighted by atomic mass is 32.2. The van der Waals surface area contributed by atoms with Crippen molar-refractivity contribution in [3.63, 3.8) is 0 Å². The van der Waals surface area contributed by atoms with Gasteiger partial charge < -0.3 is 5.11 Å². The molecular weight excluding hydrogens is 164 g/mol. The van der Waals surface area contributed by atoms with E-state index in [-0.39, 0.29) is 5.75 Å². The molecule has 1 N–H and O–H groups in total. The lowest BCUT2D eigenvalue weighted by molar-refractivity contribution is 0.132. The molecule has 1 aliphatic carbocycles. The third-order valence-electron chi connectivity index (χ3n) is 2.34. The van der Waals surface area contributed by atoms with Crippen molar-refractivity contribution >= 4 is 9.84 Å². The van der Waals surface area contributed by atoms with E-state index >= 15 is 0 Å². The quantitative estimate of drug-likeness (QED) is 0.676. The predicted octanol–water partition coefficient (Wildman–Crippen LogP) is 0.684. The van der Waals surface area contributed by atoms with Gasteiger partial charge in [-0.2, -0.15) is 0 Å². The van der Waals surface area contributed by atoms with Gasteiger partial charge in [-0.25, -0.2) is 8.42 Å². The molecule has 0 aromatic rings. The van der Waals surface area contributed by atoms with Crippen molar-refractivity contribution in [3.8, 4) is 0 Å². The summed E-state index contributed by atoms with van der Waals surface area (Å²) >= 11 is 0. The molecule has 1 fully saturated rings. The number of sulfone groups is 1. The van der Waals surface area contributed by atoms with Crippen LogP contribution in [-0.4, -0.2) is 24.2 Å². The van der Waals surface area contributed by atoms with E-state index in [0.717, 1.165) is 12.8 Å². The Morgan fingerprint density at radius 2 is 1.82 bits per heavy atom. The Bertz CT molecular complexity index is 224. The van der Waals surface area contributed by atoms with Crippen molar-refractivity contribution in [3.05, 3.63) is 0 Å². The summed E-state index contributed by atoms with van der Waals surface area (Å²) < 4.78 is 22.5. The van der Waals surface area contributed by atoms with Gasteiger partial charge in [0.15, 0.2) is 14.8 Å². The molecule has 66 valence electrons. The molecule has 0 aliphatic heterocycles. The van der Waals surface area contributed by atoms with E-state index in [2.05, 4.69) is 0 Å². The van der Waals surface area contributed by atoms with E-state index in [1.54, 1.807) is 6.92 Å². The van der Waals surface area contributed by atoms with Crippen LogP contribution in [0.4, 0.5) is 0 Å². The van der Waals surface area contributed by atoms with E-state index in [0.29, 0.717) is 12.8 Å². The standard InChI is InChI=1S/C7H14O3S/c1-2-11(9,10)7(8)5-3-4-6-7/h8H,2-6H2,1H3. The summed E-state index contributed by atoms with van der Waals surface area (Å²) in [6.07, 6.45) is 2.50. The normalized spacial score (nSPS) is 23.8. The van der Waals surface area contributed by atoms with E-state index in [4.69, 9.17) is 0 Å². The van der Waals surface area contributed by atoms with Gasteiger partial charge in [0, 0.05) is 0 Å². The van der Waals surface area contributed by atoms with Crippen LogP contribution in [-0.2, 0) is 9.84 Å². The molecule has 0 bridgehead atoms. The van der Waals surface area contributed by atoms with Crippen molar-refractivity contribution < 1.29 is 13.5 Å². The van der Waals surface area contributed by atoms with Crippen molar-refractivity contribution in [1.82, 2.24) is 0 Å². The smallest absolute Gasteiger partial charge is 0.179 e. The van der Waals surface area contributed by atoms with Gasteiger partial charge >= 0.3 is 0 Å². The van der Waals surface area contributed by atoms with Gasteiger partial charge in [-0.05, 0) is 25.7 Å². The molecule has 11 heavy (non-hydrogen) atoms. The van der Waals surface area contributed by atoms with E-state index in [9.17, 15) is 13.5 Å². The lowest BCUT2D eigenvalue weighted by Crippen LogP contribution is -2.36. The van der Waals surface area contributed by atoms with Crippen molar-refractivity contribution in [2.75, 3.05) is 5.75 Å². The average Bonchev–Trinajstić information content (AvgIpc) is 2.38. The lowest BCUT2D eigenvalue weighted by Gasteiger charge is -2.20. The Balaban J connectivity index is 2.88. The van der Waals surface area contributed by atoms with Gasteiger partial charge in [0.1, 0.15) is 0 Å². The summed E-state index contributed by atoms with van der Waals surface area (Å²) in [5.41, 5.74) is 0. The minimum absolute atomic E-state index is 0.0451. The molecule has 0 unspecified atom stereocenters. The molecule has 1 saturated carbocycles. The van der Waals surface area contributed by atoms with Crippen LogP contribution in [0.1, 0.15) is 32.6 Å². The van der Waals surface area contributed by atoms with Crippen LogP contribution in [0.2, 0.25) is 0 Å². The highest BCUT2D eigenvalue weighted by molar-refractivity contribution is 7.92. The Morgan fingerprint density at radius 3 is 2.18 bits per heavy atom. The number of aliphatic hydroxyl groups is 1. The third kappa shape index (κ3) is 1.42. The van der Waals surface area contributed by atoms with Gasteiger partial charge in [0.25, 0.3) is 0 Å². The number of hydrogen-bond acceptors (Lipinski definition) is 3. The summed E-state index contributed by atoms with van der Waals surface area (Å²) in [5, 5.41) is 9.63. The van der Waals surface area contributed by atoms with Crippen molar-refractivity contribution in [2.45, 2.75) is 37.5 Å². The van der Waals surface area contributed by atoms with Gasteiger partial charge in [-0.15, -0.1) is 0 Å². The topological polar surface area (TPSA) is 54.4 Å². The van der Waals surface area contributed by atoms with Gasteiger partial charge in [0.05, 0.1) is 5.75 Å². The summed E-state index contributed by atoms with van der Waals surface area (Å²) in [5.74, 6) is 0.0451. The predicted molar refractivity (Wildman–Crippen MR) is 42.9 cm³/mol. The van der Waals surface area contributed by atoms with Gasteiger partial charge in [-0.3, -0.25) is 0 Å². The zero-order valence-corrected chi connectivity index (χ0v) is 7.52. The summed E-state index contributed by atoms with van der Waals surface area (Å²) in [4.78, 5) is -1.39. The minimum Gasteiger partial charge on any atom is -0.374 e. The van der Waals surface area contributed by atoms with Crippen LogP contribution < -0.4 is 0 Å². The molecule has 0 amide bonds. The first-order chi connectivity index (χ1) is 5.02. The van der Waals surface area contributed by atoms with Crippen LogP contribution in [0.25, 0.3) is 0 Å². The van der Waals surface area contributed by atoms with Gasteiger partial charge in [0.2, 0.25) is 0 Å². The second-order valence-corrected chi connectivity index (χ2v) is 5.62. The largest absolute Gasteiger partial charge is 0.374 e. The van der Waals surface area contributed by atoms with Gasteiger partial charge in [-0.1, -0.05) is 6.92 Å². The lowest BCUT2D eigenvalue weighted by atomic mass is 10.3. The Kier molecular flexibility index (Phi) is 2.25. The second kappa shape index (κ2) is 2.75. The van der Waals surface area contributed by atoms with Crippen LogP contribution in [0.15, 0.2) is 0 Å². The summed E-state index contributed by atoms with van der Waals surface area (Å²) in [6, 6.07) is 0. The molecular formula is C7H14O3S. The third-order valence-corrected chi connectivity index (χ3v) is 4.67. The molecule has 0 aromatic carbocycles. The molecule has 0 spiro atoms. The minimum atomic E-state index is -3.24. The molecule has 0 saturated heterocycles. The fourth-order valence-corrected chi connectivity index (χ4v) is 2.96. The highest BCUT2D eigenvalue weighted by Gasteiger charge is 2.42. The maximum Gasteiger partial charge on any atom is 0.179 e. The van der Waals surface area contributed by atoms with Crippen LogP contribution in [0.3, 0.4) is 0 Å². The fourth-order valence-electron chi connectivity index (χ4n) is 1.51. The van der Waals surface area contributed by atoms with E-state index in [1.807, 2.05) is 0 Å². The molecule has 3 nitrogen and oxygen atoms in total. The Hall–Kier alpha value is -0.0900. The summed E-state index contributed by atoms with van der Waals surface area (Å²) in [7, 11) is -3.24. The first kappa shape index (κ1) is 9.00. The molecule has 0 heterocycles. The highest BCUT2D eigenvalue weighted by Crippen LogP contribution is 2.34. The molecule has 0 aromatic heterocycles. The first-order valence-electron chi connectivity index (χ1n) is 3.96. The van der Waals surface area contributed by atoms with Crippen molar-refractivity contribution in [2.24, 2.45) is 0 Å². The molecule has 1 aliphatic rings. The Labute approximate surface area is 67.3 Å². The zero-order chi connectivity index (χ0) is 8.54. The van der Waals surface area contributed by atoms with Crippen LogP contribution in [0, 0.1) is 0 Å². The zero-order valence-electron chi connectivity index (χ0n) is 6.71. The van der Waals surface area contributed by atoms with Crippen LogP contribution >= 0.6 is 0 Å². The molecule has 0 radical (unpaired) electrons. The molecule has 0 atom stereocenters.